The summed E-state index contributed by atoms with van der Waals surface area (Å²) in [6.07, 6.45) is 7.66. The van der Waals surface area contributed by atoms with Crippen LogP contribution in [-0.2, 0) is 7.05 Å². The summed E-state index contributed by atoms with van der Waals surface area (Å²) in [6, 6.07) is 17.5. The molecule has 30 heavy (non-hydrogen) atoms. The molecule has 0 fully saturated rings. The van der Waals surface area contributed by atoms with E-state index in [9.17, 15) is 4.79 Å². The maximum Gasteiger partial charge on any atom is 0.276 e. The Morgan fingerprint density at radius 3 is 2.67 bits per heavy atom. The van der Waals surface area contributed by atoms with Crippen LogP contribution in [0.3, 0.4) is 0 Å². The fourth-order valence-electron chi connectivity index (χ4n) is 3.50. The lowest BCUT2D eigenvalue weighted by Gasteiger charge is -2.06. The normalized spacial score (nSPS) is 11.1. The number of fused-ring (bicyclic) bond motifs is 1. The van der Waals surface area contributed by atoms with E-state index in [4.69, 9.17) is 0 Å². The number of pyridine rings is 1. The Balaban J connectivity index is 1.46. The summed E-state index contributed by atoms with van der Waals surface area (Å²) in [6.45, 7) is 1.99. The summed E-state index contributed by atoms with van der Waals surface area (Å²) >= 11 is 0. The molecule has 5 aromatic rings. The van der Waals surface area contributed by atoms with Gasteiger partial charge in [0.1, 0.15) is 5.82 Å². The Hall–Kier alpha value is -4.13. The van der Waals surface area contributed by atoms with E-state index in [2.05, 4.69) is 38.2 Å². The van der Waals surface area contributed by atoms with E-state index in [1.807, 2.05) is 62.8 Å². The summed E-state index contributed by atoms with van der Waals surface area (Å²) in [5.74, 6) is 0.613. The third-order valence-corrected chi connectivity index (χ3v) is 5.00. The highest BCUT2D eigenvalue weighted by molar-refractivity contribution is 6.02. The number of hydrogen-bond donors (Lipinski definition) is 1. The standard InChI is InChI=1S/C23H20N6O/c1-16-4-3-5-19(12-16)25-23(30)21-10-11-29(26-21)22-9-8-20-7-6-17(15-28(20)22)18-13-24-27(2)14-18/h3-15H,1-2H3,(H,25,30). The highest BCUT2D eigenvalue weighted by Gasteiger charge is 2.13. The van der Waals surface area contributed by atoms with Crippen LogP contribution < -0.4 is 5.32 Å². The van der Waals surface area contributed by atoms with E-state index < -0.39 is 0 Å². The van der Waals surface area contributed by atoms with E-state index in [0.29, 0.717) is 5.69 Å². The molecule has 4 heterocycles. The highest BCUT2D eigenvalue weighted by atomic mass is 16.1. The number of nitrogens with zero attached hydrogens (tertiary/aromatic N) is 5. The Morgan fingerprint density at radius 2 is 1.87 bits per heavy atom. The number of hydrogen-bond acceptors (Lipinski definition) is 3. The minimum absolute atomic E-state index is 0.240. The first-order valence-corrected chi connectivity index (χ1v) is 9.61. The van der Waals surface area contributed by atoms with Crippen molar-refractivity contribution in [2.24, 2.45) is 7.05 Å². The number of carbonyl (C=O) groups is 1. The Labute approximate surface area is 173 Å². The predicted molar refractivity (Wildman–Crippen MR) is 116 cm³/mol. The molecule has 0 spiro atoms. The van der Waals surface area contributed by atoms with E-state index >= 15 is 0 Å². The average molecular weight is 396 g/mol. The first-order valence-electron chi connectivity index (χ1n) is 9.61. The molecule has 0 aliphatic carbocycles. The van der Waals surface area contributed by atoms with Crippen molar-refractivity contribution in [2.45, 2.75) is 6.92 Å². The molecule has 4 aromatic heterocycles. The van der Waals surface area contributed by atoms with Gasteiger partial charge >= 0.3 is 0 Å². The lowest BCUT2D eigenvalue weighted by atomic mass is 10.1. The van der Waals surface area contributed by atoms with Crippen molar-refractivity contribution in [1.29, 1.82) is 0 Å². The maximum atomic E-state index is 12.6. The second-order valence-corrected chi connectivity index (χ2v) is 7.28. The lowest BCUT2D eigenvalue weighted by molar-refractivity contribution is 0.102. The monoisotopic (exact) mass is 396 g/mol. The Kier molecular flexibility index (Phi) is 4.21. The van der Waals surface area contributed by atoms with Gasteiger partial charge in [-0.05, 0) is 48.9 Å². The number of rotatable bonds is 4. The quantitative estimate of drug-likeness (QED) is 0.498. The van der Waals surface area contributed by atoms with Crippen LogP contribution in [0.25, 0.3) is 22.5 Å². The topological polar surface area (TPSA) is 69.2 Å². The lowest BCUT2D eigenvalue weighted by Crippen LogP contribution is -2.13. The maximum absolute atomic E-state index is 12.6. The Bertz CT molecular complexity index is 1370. The molecule has 148 valence electrons. The van der Waals surface area contributed by atoms with Crippen molar-refractivity contribution in [1.82, 2.24) is 24.0 Å². The number of benzene rings is 1. The zero-order valence-electron chi connectivity index (χ0n) is 16.6. The van der Waals surface area contributed by atoms with E-state index in [0.717, 1.165) is 33.7 Å². The number of nitrogens with one attached hydrogen (secondary N) is 1. The molecule has 0 unspecified atom stereocenters. The van der Waals surface area contributed by atoms with E-state index in [1.165, 1.54) is 0 Å². The summed E-state index contributed by atoms with van der Waals surface area (Å²) < 4.78 is 5.55. The van der Waals surface area contributed by atoms with Crippen LogP contribution in [0.15, 0.2) is 79.4 Å². The van der Waals surface area contributed by atoms with Gasteiger partial charge in [0.15, 0.2) is 5.69 Å². The third kappa shape index (κ3) is 3.26. The summed E-state index contributed by atoms with van der Waals surface area (Å²) in [7, 11) is 1.90. The van der Waals surface area contributed by atoms with Crippen LogP contribution in [0.2, 0.25) is 0 Å². The van der Waals surface area contributed by atoms with Gasteiger partial charge in [-0.15, -0.1) is 0 Å². The van der Waals surface area contributed by atoms with Gasteiger partial charge in [-0.2, -0.15) is 10.2 Å². The molecule has 5 rings (SSSR count). The van der Waals surface area contributed by atoms with Crippen LogP contribution in [0.4, 0.5) is 5.69 Å². The van der Waals surface area contributed by atoms with Crippen molar-refractivity contribution >= 4 is 17.1 Å². The minimum Gasteiger partial charge on any atom is -0.321 e. The van der Waals surface area contributed by atoms with Gasteiger partial charge in [0.05, 0.1) is 6.20 Å². The van der Waals surface area contributed by atoms with Crippen LogP contribution in [0.5, 0.6) is 0 Å². The molecule has 1 amide bonds. The minimum atomic E-state index is -0.240. The van der Waals surface area contributed by atoms with Gasteiger partial charge in [-0.25, -0.2) is 4.68 Å². The van der Waals surface area contributed by atoms with Gasteiger partial charge < -0.3 is 9.72 Å². The first kappa shape index (κ1) is 17.9. The van der Waals surface area contributed by atoms with Crippen molar-refractivity contribution in [2.75, 3.05) is 5.32 Å². The highest BCUT2D eigenvalue weighted by Crippen LogP contribution is 2.22. The molecule has 1 N–H and O–H groups in total. The van der Waals surface area contributed by atoms with Gasteiger partial charge in [-0.1, -0.05) is 18.2 Å². The predicted octanol–water partition coefficient (Wildman–Crippen LogP) is 4.09. The number of aromatic nitrogens is 5. The molecule has 0 saturated heterocycles. The van der Waals surface area contributed by atoms with Crippen molar-refractivity contribution in [3.8, 4) is 16.9 Å². The van der Waals surface area contributed by atoms with Gasteiger partial charge in [0, 0.05) is 48.0 Å². The number of anilines is 1. The zero-order chi connectivity index (χ0) is 20.7. The number of amides is 1. The molecule has 0 radical (unpaired) electrons. The van der Waals surface area contributed by atoms with Crippen LogP contribution in [-0.4, -0.2) is 29.9 Å². The van der Waals surface area contributed by atoms with E-state index in [-0.39, 0.29) is 5.91 Å². The van der Waals surface area contributed by atoms with Gasteiger partial charge in [-0.3, -0.25) is 9.48 Å². The Morgan fingerprint density at radius 1 is 1.00 bits per heavy atom. The fraction of sp³-hybridized carbons (Fsp3) is 0.0870. The number of carbonyl (C=O) groups excluding carboxylic acids is 1. The van der Waals surface area contributed by atoms with Crippen LogP contribution in [0.1, 0.15) is 16.1 Å². The second kappa shape index (κ2) is 7.04. The van der Waals surface area contributed by atoms with Crippen molar-refractivity contribution < 1.29 is 4.79 Å². The second-order valence-electron chi connectivity index (χ2n) is 7.28. The summed E-state index contributed by atoms with van der Waals surface area (Å²) in [5.41, 5.74) is 5.33. The van der Waals surface area contributed by atoms with Crippen LogP contribution >= 0.6 is 0 Å². The van der Waals surface area contributed by atoms with Crippen molar-refractivity contribution in [3.05, 3.63) is 90.6 Å². The molecular weight excluding hydrogens is 376 g/mol. The molecular formula is C23H20N6O. The van der Waals surface area contributed by atoms with Gasteiger partial charge in [0.2, 0.25) is 0 Å². The molecule has 0 aliphatic rings. The van der Waals surface area contributed by atoms with Crippen LogP contribution in [0, 0.1) is 6.92 Å². The molecule has 0 atom stereocenters. The third-order valence-electron chi connectivity index (χ3n) is 5.00. The molecule has 1 aromatic carbocycles. The number of aryl methyl sites for hydroxylation is 2. The molecule has 0 saturated carbocycles. The molecule has 0 bridgehead atoms. The average Bonchev–Trinajstić information content (AvgIpc) is 3.46. The SMILES string of the molecule is Cc1cccc(NC(=O)c2ccn(-c3ccc4ccc(-c5cnn(C)c5)cn34)n2)c1. The van der Waals surface area contributed by atoms with Crippen molar-refractivity contribution in [3.63, 3.8) is 0 Å². The molecule has 7 heteroatoms. The molecule has 7 nitrogen and oxygen atoms in total. The smallest absolute Gasteiger partial charge is 0.276 e. The largest absolute Gasteiger partial charge is 0.321 e. The fourth-order valence-corrected chi connectivity index (χ4v) is 3.50. The summed E-state index contributed by atoms with van der Waals surface area (Å²) in [5, 5.41) is 11.6. The first-order chi connectivity index (χ1) is 14.6. The zero-order valence-corrected chi connectivity index (χ0v) is 16.6. The molecule has 0 aliphatic heterocycles. The van der Waals surface area contributed by atoms with Gasteiger partial charge in [0.25, 0.3) is 5.91 Å². The van der Waals surface area contributed by atoms with E-state index in [1.54, 1.807) is 21.6 Å². The summed E-state index contributed by atoms with van der Waals surface area (Å²) in [4.78, 5) is 12.6.